The third kappa shape index (κ3) is 4.64. The van der Waals surface area contributed by atoms with E-state index in [-0.39, 0.29) is 12.4 Å². The first-order valence-electron chi connectivity index (χ1n) is 9.97. The fourth-order valence-electron chi connectivity index (χ4n) is 3.51. The Morgan fingerprint density at radius 1 is 1.00 bits per heavy atom. The first-order chi connectivity index (χ1) is 15.1. The predicted molar refractivity (Wildman–Crippen MR) is 122 cm³/mol. The number of carbonyl (C=O) groups excluding carboxylic acids is 1. The summed E-state index contributed by atoms with van der Waals surface area (Å²) in [6, 6.07) is 21.8. The lowest BCUT2D eigenvalue weighted by molar-refractivity contribution is 0.0509. The summed E-state index contributed by atoms with van der Waals surface area (Å²) in [6.45, 7) is 2.71. The zero-order valence-corrected chi connectivity index (χ0v) is 18.6. The number of hydrogen-bond donors (Lipinski definition) is 0. The Kier molecular flexibility index (Phi) is 6.37. The summed E-state index contributed by atoms with van der Waals surface area (Å²) >= 11 is 3.52. The molecule has 4 rings (SSSR count). The van der Waals surface area contributed by atoms with Crippen molar-refractivity contribution in [2.24, 2.45) is 0 Å². The summed E-state index contributed by atoms with van der Waals surface area (Å²) in [4.78, 5) is 13.0. The second-order valence-electron chi connectivity index (χ2n) is 7.05. The third-order valence-corrected chi connectivity index (χ3v) is 5.42. The Bertz CT molecular complexity index is 1200. The average Bonchev–Trinajstić information content (AvgIpc) is 3.07. The molecule has 0 aliphatic heterocycles. The van der Waals surface area contributed by atoms with Crippen LogP contribution in [0.2, 0.25) is 0 Å². The molecule has 0 bridgehead atoms. The first-order valence-corrected chi connectivity index (χ1v) is 10.8. The molecule has 0 aliphatic rings. The molecule has 0 saturated heterocycles. The third-order valence-electron chi connectivity index (χ3n) is 4.93. The predicted octanol–water partition coefficient (Wildman–Crippen LogP) is 6.35. The van der Waals surface area contributed by atoms with E-state index in [0.717, 1.165) is 26.5 Å². The highest BCUT2D eigenvalue weighted by Gasteiger charge is 2.26. The van der Waals surface area contributed by atoms with E-state index in [1.807, 2.05) is 53.1 Å². The van der Waals surface area contributed by atoms with Crippen LogP contribution in [0.4, 0.5) is 4.39 Å². The van der Waals surface area contributed by atoms with Gasteiger partial charge in [0.25, 0.3) is 0 Å². The molecule has 0 unspecified atom stereocenters. The molecule has 4 nitrogen and oxygen atoms in total. The number of ether oxygens (including phenoxy) is 2. The molecular formula is C25H21BrFNO3. The van der Waals surface area contributed by atoms with Crippen molar-refractivity contribution in [3.63, 3.8) is 0 Å². The topological polar surface area (TPSA) is 40.5 Å². The second kappa shape index (κ2) is 9.35. The molecule has 0 amide bonds. The van der Waals surface area contributed by atoms with Crippen molar-refractivity contribution in [1.82, 2.24) is 4.57 Å². The molecule has 0 spiro atoms. The smallest absolute Gasteiger partial charge is 0.358 e. The average molecular weight is 482 g/mol. The highest BCUT2D eigenvalue weighted by molar-refractivity contribution is 9.10. The molecule has 0 atom stereocenters. The SMILES string of the molecule is CCOC(=O)c1c(OCc2ccccc2)c2cc(Br)ccc2n1Cc1ccc(F)cc1. The van der Waals surface area contributed by atoms with E-state index in [2.05, 4.69) is 15.9 Å². The van der Waals surface area contributed by atoms with Gasteiger partial charge in [-0.05, 0) is 48.4 Å². The number of halogens is 2. The lowest BCUT2D eigenvalue weighted by Crippen LogP contribution is -2.14. The second-order valence-corrected chi connectivity index (χ2v) is 7.96. The number of hydrogen-bond acceptors (Lipinski definition) is 3. The van der Waals surface area contributed by atoms with Crippen LogP contribution in [-0.4, -0.2) is 17.1 Å². The van der Waals surface area contributed by atoms with Crippen LogP contribution in [0.5, 0.6) is 5.75 Å². The lowest BCUT2D eigenvalue weighted by Gasteiger charge is -2.12. The van der Waals surface area contributed by atoms with Crippen molar-refractivity contribution >= 4 is 32.8 Å². The van der Waals surface area contributed by atoms with Crippen molar-refractivity contribution in [3.05, 3.63) is 99.9 Å². The molecule has 0 saturated carbocycles. The summed E-state index contributed by atoms with van der Waals surface area (Å²) in [5.41, 5.74) is 3.03. The molecule has 0 radical (unpaired) electrons. The summed E-state index contributed by atoms with van der Waals surface area (Å²) in [5.74, 6) is -0.289. The minimum atomic E-state index is -0.458. The summed E-state index contributed by atoms with van der Waals surface area (Å²) in [7, 11) is 0. The molecule has 6 heteroatoms. The van der Waals surface area contributed by atoms with Crippen molar-refractivity contribution < 1.29 is 18.7 Å². The standard InChI is InChI=1S/C25H21BrFNO3/c1-2-30-25(29)23-24(31-16-18-6-4-3-5-7-18)21-14-19(26)10-13-22(21)28(23)15-17-8-11-20(27)12-9-17/h3-14H,2,15-16H2,1H3. The van der Waals surface area contributed by atoms with Crippen molar-refractivity contribution in [2.75, 3.05) is 6.61 Å². The van der Waals surface area contributed by atoms with E-state index >= 15 is 0 Å². The van der Waals surface area contributed by atoms with Gasteiger partial charge in [-0.3, -0.25) is 0 Å². The fourth-order valence-corrected chi connectivity index (χ4v) is 3.87. The van der Waals surface area contributed by atoms with Gasteiger partial charge in [-0.15, -0.1) is 0 Å². The molecule has 0 fully saturated rings. The molecule has 158 valence electrons. The van der Waals surface area contributed by atoms with Crippen LogP contribution < -0.4 is 4.74 Å². The number of fused-ring (bicyclic) bond motifs is 1. The zero-order valence-electron chi connectivity index (χ0n) is 17.0. The van der Waals surface area contributed by atoms with Gasteiger partial charge in [-0.2, -0.15) is 0 Å². The van der Waals surface area contributed by atoms with Gasteiger partial charge in [-0.1, -0.05) is 58.4 Å². The largest absolute Gasteiger partial charge is 0.486 e. The fraction of sp³-hybridized carbons (Fsp3) is 0.160. The van der Waals surface area contributed by atoms with Gasteiger partial charge in [0.15, 0.2) is 11.4 Å². The molecule has 1 aromatic heterocycles. The molecule has 0 aliphatic carbocycles. The van der Waals surface area contributed by atoms with Gasteiger partial charge < -0.3 is 14.0 Å². The van der Waals surface area contributed by atoms with Gasteiger partial charge in [-0.25, -0.2) is 9.18 Å². The van der Waals surface area contributed by atoms with Crippen LogP contribution in [-0.2, 0) is 17.9 Å². The number of carbonyl (C=O) groups is 1. The molecule has 4 aromatic rings. The van der Waals surface area contributed by atoms with Crippen molar-refractivity contribution in [2.45, 2.75) is 20.1 Å². The number of rotatable bonds is 7. The van der Waals surface area contributed by atoms with Gasteiger partial charge in [0.1, 0.15) is 12.4 Å². The zero-order chi connectivity index (χ0) is 21.8. The Morgan fingerprint density at radius 3 is 2.45 bits per heavy atom. The van der Waals surface area contributed by atoms with E-state index in [1.54, 1.807) is 19.1 Å². The first kappa shape index (κ1) is 21.1. The van der Waals surface area contributed by atoms with Gasteiger partial charge in [0.05, 0.1) is 12.1 Å². The van der Waals surface area contributed by atoms with Gasteiger partial charge in [0.2, 0.25) is 0 Å². The number of aromatic nitrogens is 1. The van der Waals surface area contributed by atoms with Crippen LogP contribution >= 0.6 is 15.9 Å². The Labute approximate surface area is 188 Å². The Hall–Kier alpha value is -3.12. The van der Waals surface area contributed by atoms with Crippen molar-refractivity contribution in [3.8, 4) is 5.75 Å². The quantitative estimate of drug-likeness (QED) is 0.289. The van der Waals surface area contributed by atoms with E-state index in [9.17, 15) is 9.18 Å². The summed E-state index contributed by atoms with van der Waals surface area (Å²) in [6.07, 6.45) is 0. The van der Waals surface area contributed by atoms with Crippen LogP contribution in [0.15, 0.2) is 77.3 Å². The Morgan fingerprint density at radius 2 is 1.74 bits per heavy atom. The van der Waals surface area contributed by atoms with Crippen LogP contribution in [0.1, 0.15) is 28.5 Å². The van der Waals surface area contributed by atoms with E-state index in [1.165, 1.54) is 12.1 Å². The number of esters is 1. The Balaban J connectivity index is 1.84. The van der Waals surface area contributed by atoms with E-state index in [0.29, 0.717) is 24.6 Å². The van der Waals surface area contributed by atoms with Gasteiger partial charge in [0, 0.05) is 16.4 Å². The highest BCUT2D eigenvalue weighted by Crippen LogP contribution is 2.37. The summed E-state index contributed by atoms with van der Waals surface area (Å²) < 4.78 is 27.7. The number of benzene rings is 3. The van der Waals surface area contributed by atoms with Crippen LogP contribution in [0.25, 0.3) is 10.9 Å². The molecular weight excluding hydrogens is 461 g/mol. The molecule has 1 heterocycles. The van der Waals surface area contributed by atoms with Gasteiger partial charge >= 0.3 is 5.97 Å². The molecule has 0 N–H and O–H groups in total. The molecule has 31 heavy (non-hydrogen) atoms. The van der Waals surface area contributed by atoms with Crippen molar-refractivity contribution in [1.29, 1.82) is 0 Å². The van der Waals surface area contributed by atoms with Crippen LogP contribution in [0.3, 0.4) is 0 Å². The number of nitrogens with zero attached hydrogens (tertiary/aromatic N) is 1. The lowest BCUT2D eigenvalue weighted by atomic mass is 10.2. The van der Waals surface area contributed by atoms with E-state index in [4.69, 9.17) is 9.47 Å². The highest BCUT2D eigenvalue weighted by atomic mass is 79.9. The molecule has 3 aromatic carbocycles. The monoisotopic (exact) mass is 481 g/mol. The minimum Gasteiger partial charge on any atom is -0.486 e. The maximum absolute atomic E-state index is 13.4. The maximum atomic E-state index is 13.4. The van der Waals surface area contributed by atoms with E-state index < -0.39 is 5.97 Å². The summed E-state index contributed by atoms with van der Waals surface area (Å²) in [5, 5.41) is 0.801. The minimum absolute atomic E-state index is 0.249. The van der Waals surface area contributed by atoms with Crippen LogP contribution in [0, 0.1) is 5.82 Å². The normalized spacial score (nSPS) is 10.9. The maximum Gasteiger partial charge on any atom is 0.358 e.